The van der Waals surface area contributed by atoms with Crippen molar-refractivity contribution in [3.63, 3.8) is 0 Å². The number of hydrogen-bond donors (Lipinski definition) is 3. The summed E-state index contributed by atoms with van der Waals surface area (Å²) in [5, 5.41) is 8.25. The van der Waals surface area contributed by atoms with Gasteiger partial charge in [0, 0.05) is 24.8 Å². The molecule has 1 aromatic heterocycles. The second kappa shape index (κ2) is 8.94. The largest absolute Gasteiger partial charge is 0.370 e. The zero-order valence-electron chi connectivity index (χ0n) is 13.0. The molecule has 0 aromatic carbocycles. The second-order valence-electron chi connectivity index (χ2n) is 4.77. The lowest BCUT2D eigenvalue weighted by atomic mass is 10.1. The molecule has 0 fully saturated rings. The van der Waals surface area contributed by atoms with Crippen LogP contribution >= 0.6 is 0 Å². The molecule has 0 unspecified atom stereocenters. The Morgan fingerprint density at radius 3 is 2.57 bits per heavy atom. The van der Waals surface area contributed by atoms with Crippen molar-refractivity contribution in [2.45, 2.75) is 33.1 Å². The molecule has 2 amide bonds. The Kier molecular flexibility index (Phi) is 7.21. The lowest BCUT2D eigenvalue weighted by molar-refractivity contribution is -0.119. The number of aryl methyl sites for hydroxylation is 1. The highest BCUT2D eigenvalue weighted by Gasteiger charge is 2.10. The van der Waals surface area contributed by atoms with E-state index in [1.54, 1.807) is 12.1 Å². The summed E-state index contributed by atoms with van der Waals surface area (Å²) >= 11 is 0. The average molecular weight is 292 g/mol. The monoisotopic (exact) mass is 292 g/mol. The fraction of sp³-hybridized carbons (Fsp3) is 0.533. The number of aromatic nitrogens is 1. The first kappa shape index (κ1) is 16.9. The van der Waals surface area contributed by atoms with Gasteiger partial charge in [0.2, 0.25) is 5.91 Å². The molecule has 0 saturated heterocycles. The van der Waals surface area contributed by atoms with Crippen molar-refractivity contribution in [1.82, 2.24) is 15.6 Å². The number of nitrogens with zero attached hydrogens (tertiary/aromatic N) is 1. The third-order valence-corrected chi connectivity index (χ3v) is 2.89. The summed E-state index contributed by atoms with van der Waals surface area (Å²) in [5.74, 6) is 0.210. The Bertz CT molecular complexity index is 489. The summed E-state index contributed by atoms with van der Waals surface area (Å²) in [6.07, 6.45) is 2.76. The van der Waals surface area contributed by atoms with Gasteiger partial charge in [-0.1, -0.05) is 20.3 Å². The van der Waals surface area contributed by atoms with E-state index in [1.807, 2.05) is 0 Å². The number of anilines is 1. The Morgan fingerprint density at radius 1 is 1.19 bits per heavy atom. The minimum atomic E-state index is -0.266. The van der Waals surface area contributed by atoms with Crippen LogP contribution < -0.4 is 16.0 Å². The molecule has 0 spiro atoms. The van der Waals surface area contributed by atoms with Crippen molar-refractivity contribution >= 4 is 17.6 Å². The number of amides is 2. The van der Waals surface area contributed by atoms with E-state index in [1.165, 1.54) is 7.05 Å². The molecule has 1 aromatic rings. The molecular weight excluding hydrogens is 268 g/mol. The van der Waals surface area contributed by atoms with Crippen molar-refractivity contribution in [2.75, 3.05) is 25.5 Å². The maximum atomic E-state index is 12.1. The summed E-state index contributed by atoms with van der Waals surface area (Å²) in [6, 6.07) is 3.49. The minimum absolute atomic E-state index is 0.0293. The van der Waals surface area contributed by atoms with Crippen LogP contribution in [0.1, 0.15) is 42.7 Å². The van der Waals surface area contributed by atoms with Crippen LogP contribution in [0.3, 0.4) is 0 Å². The van der Waals surface area contributed by atoms with Crippen LogP contribution in [0.15, 0.2) is 12.1 Å². The highest BCUT2D eigenvalue weighted by molar-refractivity contribution is 5.97. The third kappa shape index (κ3) is 5.81. The molecule has 21 heavy (non-hydrogen) atoms. The summed E-state index contributed by atoms with van der Waals surface area (Å²) in [7, 11) is 1.53. The van der Waals surface area contributed by atoms with E-state index in [0.29, 0.717) is 11.4 Å². The van der Waals surface area contributed by atoms with Gasteiger partial charge in [-0.15, -0.1) is 0 Å². The zero-order valence-corrected chi connectivity index (χ0v) is 13.0. The van der Waals surface area contributed by atoms with Gasteiger partial charge in [0.1, 0.15) is 5.82 Å². The van der Waals surface area contributed by atoms with Crippen LogP contribution in [0.25, 0.3) is 0 Å². The van der Waals surface area contributed by atoms with Crippen molar-refractivity contribution in [3.8, 4) is 0 Å². The Balaban J connectivity index is 2.85. The van der Waals surface area contributed by atoms with Crippen molar-refractivity contribution < 1.29 is 9.59 Å². The van der Waals surface area contributed by atoms with E-state index >= 15 is 0 Å². The van der Waals surface area contributed by atoms with Gasteiger partial charge in [0.25, 0.3) is 5.91 Å². The molecule has 3 N–H and O–H groups in total. The van der Waals surface area contributed by atoms with Crippen LogP contribution in [-0.4, -0.2) is 36.9 Å². The second-order valence-corrected chi connectivity index (χ2v) is 4.77. The molecule has 1 heterocycles. The normalized spacial score (nSPS) is 10.0. The molecule has 0 radical (unpaired) electrons. The molecule has 0 aliphatic rings. The number of likely N-dealkylation sites (N-methyl/N-ethyl adjacent to an activating group) is 1. The molecule has 0 aliphatic carbocycles. The molecule has 0 saturated carbocycles. The Morgan fingerprint density at radius 2 is 1.95 bits per heavy atom. The predicted octanol–water partition coefficient (Wildman–Crippen LogP) is 1.33. The van der Waals surface area contributed by atoms with E-state index in [0.717, 1.165) is 31.5 Å². The third-order valence-electron chi connectivity index (χ3n) is 2.89. The van der Waals surface area contributed by atoms with Gasteiger partial charge in [-0.2, -0.15) is 0 Å². The van der Waals surface area contributed by atoms with Gasteiger partial charge in [-0.3, -0.25) is 9.59 Å². The van der Waals surface area contributed by atoms with Gasteiger partial charge in [-0.05, 0) is 25.0 Å². The van der Waals surface area contributed by atoms with Crippen LogP contribution in [0.2, 0.25) is 0 Å². The molecule has 116 valence electrons. The lowest BCUT2D eigenvalue weighted by Gasteiger charge is -2.10. The fourth-order valence-electron chi connectivity index (χ4n) is 1.80. The topological polar surface area (TPSA) is 83.1 Å². The average Bonchev–Trinajstić information content (AvgIpc) is 2.50. The first-order chi connectivity index (χ1) is 10.1. The summed E-state index contributed by atoms with van der Waals surface area (Å²) in [5.41, 5.74) is 1.40. The summed E-state index contributed by atoms with van der Waals surface area (Å²) < 4.78 is 0. The molecular formula is C15H24N4O2. The molecule has 0 bridgehead atoms. The highest BCUT2D eigenvalue weighted by atomic mass is 16.2. The molecule has 1 rings (SSSR count). The van der Waals surface area contributed by atoms with Gasteiger partial charge >= 0.3 is 0 Å². The molecule has 0 atom stereocenters. The molecule has 0 aliphatic heterocycles. The van der Waals surface area contributed by atoms with E-state index in [9.17, 15) is 9.59 Å². The lowest BCUT2D eigenvalue weighted by Crippen LogP contribution is -2.35. The van der Waals surface area contributed by atoms with Gasteiger partial charge in [-0.25, -0.2) is 4.98 Å². The van der Waals surface area contributed by atoms with E-state index in [2.05, 4.69) is 34.8 Å². The van der Waals surface area contributed by atoms with Gasteiger partial charge < -0.3 is 16.0 Å². The Labute approximate surface area is 125 Å². The Hall–Kier alpha value is -2.11. The number of carbonyl (C=O) groups is 2. The van der Waals surface area contributed by atoms with Crippen LogP contribution in [0.5, 0.6) is 0 Å². The summed E-state index contributed by atoms with van der Waals surface area (Å²) in [4.78, 5) is 27.8. The SMILES string of the molecule is CCCNc1cc(C(=O)NCC(=O)NC)cc(CCC)n1. The van der Waals surface area contributed by atoms with Crippen LogP contribution in [-0.2, 0) is 11.2 Å². The van der Waals surface area contributed by atoms with E-state index in [4.69, 9.17) is 0 Å². The quantitative estimate of drug-likeness (QED) is 0.675. The van der Waals surface area contributed by atoms with Crippen LogP contribution in [0, 0.1) is 0 Å². The number of rotatable bonds is 8. The number of carbonyl (C=O) groups excluding carboxylic acids is 2. The van der Waals surface area contributed by atoms with Crippen LogP contribution in [0.4, 0.5) is 5.82 Å². The fourth-order valence-corrected chi connectivity index (χ4v) is 1.80. The maximum absolute atomic E-state index is 12.1. The predicted molar refractivity (Wildman–Crippen MR) is 83.4 cm³/mol. The number of nitrogens with one attached hydrogen (secondary N) is 3. The highest BCUT2D eigenvalue weighted by Crippen LogP contribution is 2.12. The van der Waals surface area contributed by atoms with Gasteiger partial charge in [0.15, 0.2) is 0 Å². The zero-order chi connectivity index (χ0) is 15.7. The van der Waals surface area contributed by atoms with Crippen molar-refractivity contribution in [3.05, 3.63) is 23.4 Å². The van der Waals surface area contributed by atoms with Crippen molar-refractivity contribution in [1.29, 1.82) is 0 Å². The van der Waals surface area contributed by atoms with E-state index in [-0.39, 0.29) is 18.4 Å². The number of hydrogen-bond acceptors (Lipinski definition) is 4. The molecule has 6 heteroatoms. The maximum Gasteiger partial charge on any atom is 0.251 e. The standard InChI is InChI=1S/C15H24N4O2/c1-4-6-12-8-11(9-13(19-12)17-7-5-2)15(21)18-10-14(20)16-3/h8-9H,4-7,10H2,1-3H3,(H,16,20)(H,17,19)(H,18,21). The summed E-state index contributed by atoms with van der Waals surface area (Å²) in [6.45, 7) is 4.92. The van der Waals surface area contributed by atoms with Gasteiger partial charge in [0.05, 0.1) is 6.54 Å². The number of pyridine rings is 1. The first-order valence-corrected chi connectivity index (χ1v) is 7.34. The van der Waals surface area contributed by atoms with E-state index < -0.39 is 0 Å². The first-order valence-electron chi connectivity index (χ1n) is 7.34. The smallest absolute Gasteiger partial charge is 0.251 e. The minimum Gasteiger partial charge on any atom is -0.370 e. The molecule has 6 nitrogen and oxygen atoms in total. The van der Waals surface area contributed by atoms with Crippen molar-refractivity contribution in [2.24, 2.45) is 0 Å².